The number of sulfonamides is 1. The van der Waals surface area contributed by atoms with E-state index in [1.165, 1.54) is 19.1 Å². The zero-order valence-corrected chi connectivity index (χ0v) is 19.9. The van der Waals surface area contributed by atoms with Gasteiger partial charge < -0.3 is 14.8 Å². The second-order valence-electron chi connectivity index (χ2n) is 7.79. The van der Waals surface area contributed by atoms with Crippen molar-refractivity contribution >= 4 is 37.9 Å². The fourth-order valence-corrected chi connectivity index (χ4v) is 5.42. The molecule has 1 amide bonds. The summed E-state index contributed by atoms with van der Waals surface area (Å²) in [6, 6.07) is 10.6. The van der Waals surface area contributed by atoms with E-state index in [2.05, 4.69) is 15.0 Å². The van der Waals surface area contributed by atoms with Gasteiger partial charge in [0.1, 0.15) is 0 Å². The predicted octanol–water partition coefficient (Wildman–Crippen LogP) is 3.53. The first-order valence-electron chi connectivity index (χ1n) is 10.6. The largest absolute Gasteiger partial charge is 0.490 e. The monoisotopic (exact) mass is 498 g/mol. The van der Waals surface area contributed by atoms with E-state index >= 15 is 0 Å². The highest BCUT2D eigenvalue weighted by atomic mass is 32.2. The summed E-state index contributed by atoms with van der Waals surface area (Å²) >= 11 is 1.55. The van der Waals surface area contributed by atoms with Crippen LogP contribution in [0.3, 0.4) is 0 Å². The molecular weight excluding hydrogens is 476 g/mol. The van der Waals surface area contributed by atoms with Crippen molar-refractivity contribution in [2.45, 2.75) is 24.3 Å². The summed E-state index contributed by atoms with van der Waals surface area (Å²) in [5.41, 5.74) is 2.30. The number of aromatic nitrogens is 2. The number of hydrogen-bond acceptors (Lipinski definition) is 7. The molecule has 0 fully saturated rings. The summed E-state index contributed by atoms with van der Waals surface area (Å²) in [6.45, 7) is 2.44. The van der Waals surface area contributed by atoms with Crippen molar-refractivity contribution in [1.82, 2.24) is 14.1 Å². The second-order valence-corrected chi connectivity index (χ2v) is 10.4. The normalized spacial score (nSPS) is 14.5. The van der Waals surface area contributed by atoms with E-state index in [0.717, 1.165) is 16.2 Å². The molecule has 9 nitrogen and oxygen atoms in total. The highest BCUT2D eigenvalue weighted by molar-refractivity contribution is 7.89. The van der Waals surface area contributed by atoms with Crippen LogP contribution in [0.1, 0.15) is 13.3 Å². The average Bonchev–Trinajstić information content (AvgIpc) is 3.34. The smallest absolute Gasteiger partial charge is 0.242 e. The molecule has 176 valence electrons. The molecule has 11 heteroatoms. The quantitative estimate of drug-likeness (QED) is 0.421. The van der Waals surface area contributed by atoms with Crippen LogP contribution in [0.25, 0.3) is 16.2 Å². The van der Waals surface area contributed by atoms with Gasteiger partial charge in [-0.2, -0.15) is 4.72 Å². The molecule has 5 rings (SSSR count). The van der Waals surface area contributed by atoms with E-state index < -0.39 is 22.0 Å². The highest BCUT2D eigenvalue weighted by Gasteiger charge is 2.24. The number of anilines is 1. The van der Waals surface area contributed by atoms with Crippen molar-refractivity contribution in [2.75, 3.05) is 18.5 Å². The van der Waals surface area contributed by atoms with Gasteiger partial charge in [0.05, 0.1) is 29.8 Å². The summed E-state index contributed by atoms with van der Waals surface area (Å²) in [5.74, 6) is 0.393. The highest BCUT2D eigenvalue weighted by Crippen LogP contribution is 2.32. The van der Waals surface area contributed by atoms with Gasteiger partial charge in [-0.25, -0.2) is 13.4 Å². The third-order valence-electron chi connectivity index (χ3n) is 5.30. The second kappa shape index (κ2) is 9.09. The molecule has 0 aliphatic carbocycles. The van der Waals surface area contributed by atoms with Crippen molar-refractivity contribution in [3.63, 3.8) is 0 Å². The molecule has 1 aliphatic heterocycles. The lowest BCUT2D eigenvalue weighted by Crippen LogP contribution is -2.41. The summed E-state index contributed by atoms with van der Waals surface area (Å²) in [6.07, 6.45) is 4.60. The van der Waals surface area contributed by atoms with Gasteiger partial charge in [-0.3, -0.25) is 9.20 Å². The van der Waals surface area contributed by atoms with Gasteiger partial charge in [0.25, 0.3) is 0 Å². The summed E-state index contributed by atoms with van der Waals surface area (Å²) in [7, 11) is -3.95. The number of rotatable bonds is 6. The van der Waals surface area contributed by atoms with Crippen molar-refractivity contribution in [3.8, 4) is 22.8 Å². The van der Waals surface area contributed by atoms with Gasteiger partial charge in [-0.1, -0.05) is 12.1 Å². The molecule has 2 aromatic carbocycles. The lowest BCUT2D eigenvalue weighted by Gasteiger charge is -2.15. The first kappa shape index (κ1) is 22.4. The van der Waals surface area contributed by atoms with Crippen molar-refractivity contribution in [1.29, 1.82) is 0 Å². The topological polar surface area (TPSA) is 111 Å². The van der Waals surface area contributed by atoms with Crippen molar-refractivity contribution < 1.29 is 22.7 Å². The summed E-state index contributed by atoms with van der Waals surface area (Å²) < 4.78 is 41.1. The predicted molar refractivity (Wildman–Crippen MR) is 129 cm³/mol. The van der Waals surface area contributed by atoms with Gasteiger partial charge in [-0.05, 0) is 31.2 Å². The Morgan fingerprint density at radius 2 is 1.88 bits per heavy atom. The molecule has 4 aromatic rings. The van der Waals surface area contributed by atoms with E-state index in [4.69, 9.17) is 9.47 Å². The van der Waals surface area contributed by atoms with E-state index in [-0.39, 0.29) is 4.90 Å². The Bertz CT molecular complexity index is 1420. The Labute approximate surface area is 200 Å². The number of hydrogen-bond donors (Lipinski definition) is 2. The molecule has 2 aromatic heterocycles. The van der Waals surface area contributed by atoms with Crippen LogP contribution in [0.15, 0.2) is 65.1 Å². The Hall–Kier alpha value is -3.41. The number of imidazole rings is 1. The van der Waals surface area contributed by atoms with Crippen LogP contribution >= 0.6 is 11.3 Å². The van der Waals surface area contributed by atoms with Crippen LogP contribution in [0, 0.1) is 0 Å². The molecule has 0 bridgehead atoms. The number of amides is 1. The van der Waals surface area contributed by atoms with Crippen molar-refractivity contribution in [2.24, 2.45) is 0 Å². The van der Waals surface area contributed by atoms with Gasteiger partial charge in [0.2, 0.25) is 15.9 Å². The molecule has 0 unspecified atom stereocenters. The summed E-state index contributed by atoms with van der Waals surface area (Å²) in [4.78, 5) is 18.1. The number of thiazole rings is 1. The minimum atomic E-state index is -3.95. The van der Waals surface area contributed by atoms with E-state index in [0.29, 0.717) is 36.8 Å². The van der Waals surface area contributed by atoms with Crippen LogP contribution < -0.4 is 19.5 Å². The van der Waals surface area contributed by atoms with Gasteiger partial charge in [0, 0.05) is 41.5 Å². The minimum absolute atomic E-state index is 0.000672. The molecule has 34 heavy (non-hydrogen) atoms. The standard InChI is InChI=1S/C23H22N4O5S2/c1-15(26-34(29,30)18-7-8-20-21(13-18)32-11-2-10-31-20)22(28)24-17-5-3-16(4-6-17)19-14-27-9-12-33-23(27)25-19/h3-9,12-15,26H,2,10-11H2,1H3,(H,24,28)/t15-/m0/s1. The molecular formula is C23H22N4O5S2. The third kappa shape index (κ3) is 4.63. The molecule has 0 radical (unpaired) electrons. The van der Waals surface area contributed by atoms with Crippen molar-refractivity contribution in [3.05, 3.63) is 60.2 Å². The zero-order valence-electron chi connectivity index (χ0n) is 18.2. The summed E-state index contributed by atoms with van der Waals surface area (Å²) in [5, 5.41) is 4.71. The fourth-order valence-electron chi connectivity index (χ4n) is 3.51. The Morgan fingerprint density at radius 3 is 2.65 bits per heavy atom. The van der Waals surface area contributed by atoms with Crippen LogP contribution in [0.2, 0.25) is 0 Å². The number of benzene rings is 2. The van der Waals surface area contributed by atoms with Crippen LogP contribution in [-0.4, -0.2) is 43.0 Å². The van der Waals surface area contributed by atoms with Crippen LogP contribution in [0.5, 0.6) is 11.5 Å². The first-order chi connectivity index (χ1) is 16.4. The van der Waals surface area contributed by atoms with Crippen LogP contribution in [0.4, 0.5) is 5.69 Å². The zero-order chi connectivity index (χ0) is 23.7. The molecule has 0 saturated carbocycles. The lowest BCUT2D eigenvalue weighted by atomic mass is 10.1. The maximum atomic E-state index is 12.8. The lowest BCUT2D eigenvalue weighted by molar-refractivity contribution is -0.117. The Morgan fingerprint density at radius 1 is 1.12 bits per heavy atom. The third-order valence-corrected chi connectivity index (χ3v) is 7.61. The number of nitrogens with one attached hydrogen (secondary N) is 2. The molecule has 2 N–H and O–H groups in total. The van der Waals surface area contributed by atoms with Gasteiger partial charge >= 0.3 is 0 Å². The molecule has 0 spiro atoms. The fraction of sp³-hybridized carbons (Fsp3) is 0.217. The van der Waals surface area contributed by atoms with Gasteiger partial charge in [0.15, 0.2) is 16.5 Å². The van der Waals surface area contributed by atoms with E-state index in [9.17, 15) is 13.2 Å². The Balaban J connectivity index is 1.24. The SMILES string of the molecule is C[C@H](NS(=O)(=O)c1ccc2c(c1)OCCCO2)C(=O)Nc1ccc(-c2cn3ccsc3n2)cc1. The minimum Gasteiger partial charge on any atom is -0.490 e. The maximum absolute atomic E-state index is 12.8. The van der Waals surface area contributed by atoms with E-state index in [1.807, 2.05) is 34.3 Å². The number of carbonyl (C=O) groups excluding carboxylic acids is 1. The van der Waals surface area contributed by atoms with Gasteiger partial charge in [-0.15, -0.1) is 11.3 Å². The first-order valence-corrected chi connectivity index (χ1v) is 13.0. The average molecular weight is 499 g/mol. The number of nitrogens with zero attached hydrogens (tertiary/aromatic N) is 2. The Kier molecular flexibility index (Phi) is 5.98. The molecule has 3 heterocycles. The van der Waals surface area contributed by atoms with Crippen LogP contribution in [-0.2, 0) is 14.8 Å². The number of ether oxygens (including phenoxy) is 2. The molecule has 0 saturated heterocycles. The number of fused-ring (bicyclic) bond motifs is 2. The number of carbonyl (C=O) groups is 1. The molecule has 1 aliphatic rings. The van der Waals surface area contributed by atoms with E-state index in [1.54, 1.807) is 29.5 Å². The maximum Gasteiger partial charge on any atom is 0.242 e. The molecule has 1 atom stereocenters.